The molecule has 8 unspecified atom stereocenters. The molecular weight excluding hydrogens is 192 g/mol. The summed E-state index contributed by atoms with van der Waals surface area (Å²) in [5.41, 5.74) is 2.09. The molecule has 0 aromatic carbocycles. The molecule has 5 aliphatic rings. The fraction of sp³-hybridized carbons (Fsp3) is 0.818. The van der Waals surface area contributed by atoms with Gasteiger partial charge in [-0.2, -0.15) is 0 Å². The Labute approximate surface area is 86.6 Å². The van der Waals surface area contributed by atoms with Gasteiger partial charge < -0.3 is 10.4 Å². The van der Waals surface area contributed by atoms with E-state index in [-0.39, 0.29) is 0 Å². The largest absolute Gasteiger partial charge is 0.411 e. The minimum absolute atomic E-state index is 0.427. The first-order chi connectivity index (χ1) is 7.38. The summed E-state index contributed by atoms with van der Waals surface area (Å²) in [6.07, 6.45) is 1.29. The number of oxime groups is 2. The van der Waals surface area contributed by atoms with Crippen LogP contribution in [0.25, 0.3) is 0 Å². The normalized spacial score (nSPS) is 71.2. The number of hydrogen-bond donors (Lipinski definition) is 2. The van der Waals surface area contributed by atoms with Gasteiger partial charge in [-0.25, -0.2) is 0 Å². The zero-order chi connectivity index (χ0) is 9.89. The zero-order valence-electron chi connectivity index (χ0n) is 8.11. The molecule has 0 aromatic rings. The maximum absolute atomic E-state index is 9.13. The van der Waals surface area contributed by atoms with Crippen LogP contribution in [0.5, 0.6) is 0 Å². The van der Waals surface area contributed by atoms with Gasteiger partial charge in [-0.3, -0.25) is 0 Å². The molecule has 0 saturated heterocycles. The summed E-state index contributed by atoms with van der Waals surface area (Å²) in [4.78, 5) is 0. The van der Waals surface area contributed by atoms with Gasteiger partial charge in [-0.1, -0.05) is 10.3 Å². The Morgan fingerprint density at radius 2 is 1.27 bits per heavy atom. The molecule has 78 valence electrons. The van der Waals surface area contributed by atoms with E-state index in [9.17, 15) is 0 Å². The van der Waals surface area contributed by atoms with Crippen molar-refractivity contribution in [3.63, 3.8) is 0 Å². The second-order valence-corrected chi connectivity index (χ2v) is 5.87. The molecule has 5 fully saturated rings. The van der Waals surface area contributed by atoms with Gasteiger partial charge in [0.05, 0.1) is 11.4 Å². The molecule has 4 heteroatoms. The highest BCUT2D eigenvalue weighted by Crippen LogP contribution is 2.80. The van der Waals surface area contributed by atoms with Gasteiger partial charge in [0.1, 0.15) is 0 Å². The van der Waals surface area contributed by atoms with Crippen LogP contribution < -0.4 is 0 Å². The highest BCUT2D eigenvalue weighted by Gasteiger charge is 2.82. The van der Waals surface area contributed by atoms with Crippen molar-refractivity contribution in [1.82, 2.24) is 0 Å². The van der Waals surface area contributed by atoms with Gasteiger partial charge >= 0.3 is 0 Å². The minimum atomic E-state index is 0.427. The second kappa shape index (κ2) is 1.81. The standard InChI is InChI=1S/C11H12N2O2/c14-12-10-6-2-1-3-5-4(2)8(10)9(5)11(13-15)7(3)6/h2-9,14-15H,1H2/b12-10-,13-11+. The smallest absolute Gasteiger partial charge is 0.0651 e. The average Bonchev–Trinajstić information content (AvgIpc) is 2.73. The topological polar surface area (TPSA) is 65.2 Å². The maximum atomic E-state index is 9.13. The molecule has 2 N–H and O–H groups in total. The Kier molecular flexibility index (Phi) is 0.874. The summed E-state index contributed by atoms with van der Waals surface area (Å²) >= 11 is 0. The van der Waals surface area contributed by atoms with Gasteiger partial charge in [-0.05, 0) is 30.1 Å². The van der Waals surface area contributed by atoms with Crippen LogP contribution >= 0.6 is 0 Å². The van der Waals surface area contributed by atoms with E-state index in [4.69, 9.17) is 10.4 Å². The number of fused-ring (bicyclic) bond motifs is 2. The molecule has 0 aromatic heterocycles. The first-order valence-corrected chi connectivity index (χ1v) is 5.82. The summed E-state index contributed by atoms with van der Waals surface area (Å²) in [7, 11) is 0. The van der Waals surface area contributed by atoms with Crippen LogP contribution in [-0.4, -0.2) is 21.8 Å². The molecule has 0 amide bonds. The highest BCUT2D eigenvalue weighted by atomic mass is 16.4. The Balaban J connectivity index is 1.83. The Bertz CT molecular complexity index is 400. The van der Waals surface area contributed by atoms with Crippen molar-refractivity contribution in [2.45, 2.75) is 6.42 Å². The summed E-state index contributed by atoms with van der Waals surface area (Å²) in [6, 6.07) is 0. The number of rotatable bonds is 0. The molecular formula is C11H12N2O2. The van der Waals surface area contributed by atoms with E-state index in [0.29, 0.717) is 23.7 Å². The van der Waals surface area contributed by atoms with Crippen LogP contribution in [0.15, 0.2) is 10.3 Å². The van der Waals surface area contributed by atoms with Gasteiger partial charge in [0.15, 0.2) is 0 Å². The minimum Gasteiger partial charge on any atom is -0.411 e. The van der Waals surface area contributed by atoms with Crippen LogP contribution in [0, 0.1) is 47.3 Å². The third kappa shape index (κ3) is 0.446. The predicted octanol–water partition coefficient (Wildman–Crippen LogP) is 1.03. The number of hydrogen-bond acceptors (Lipinski definition) is 4. The molecule has 5 aliphatic carbocycles. The summed E-state index contributed by atoms with van der Waals surface area (Å²) < 4.78 is 0. The number of nitrogens with zero attached hydrogens (tertiary/aromatic N) is 2. The van der Waals surface area contributed by atoms with Crippen molar-refractivity contribution >= 4 is 11.4 Å². The Hall–Kier alpha value is -1.06. The zero-order valence-corrected chi connectivity index (χ0v) is 8.11. The van der Waals surface area contributed by atoms with E-state index < -0.39 is 0 Å². The molecule has 4 nitrogen and oxygen atoms in total. The lowest BCUT2D eigenvalue weighted by Gasteiger charge is -2.44. The lowest BCUT2D eigenvalue weighted by Crippen LogP contribution is -2.48. The van der Waals surface area contributed by atoms with Crippen LogP contribution in [-0.2, 0) is 0 Å². The van der Waals surface area contributed by atoms with Crippen LogP contribution in [0.1, 0.15) is 6.42 Å². The quantitative estimate of drug-likeness (QED) is 0.457. The average molecular weight is 204 g/mol. The SMILES string of the molecule is O/N=C1/C2C3CC4C2/C(=N\O)C2C1C3C42. The van der Waals surface area contributed by atoms with E-state index >= 15 is 0 Å². The summed E-state index contributed by atoms with van der Waals surface area (Å²) in [5, 5.41) is 25.4. The maximum Gasteiger partial charge on any atom is 0.0651 e. The first kappa shape index (κ1) is 7.25. The van der Waals surface area contributed by atoms with Crippen molar-refractivity contribution in [2.24, 2.45) is 57.7 Å². The monoisotopic (exact) mass is 204 g/mol. The van der Waals surface area contributed by atoms with Gasteiger partial charge in [0, 0.05) is 23.7 Å². The summed E-state index contributed by atoms with van der Waals surface area (Å²) in [5.74, 6) is 4.76. The molecule has 0 spiro atoms. The van der Waals surface area contributed by atoms with Crippen LogP contribution in [0.4, 0.5) is 0 Å². The van der Waals surface area contributed by atoms with Crippen molar-refractivity contribution in [3.05, 3.63) is 0 Å². The fourth-order valence-corrected chi connectivity index (χ4v) is 6.13. The van der Waals surface area contributed by atoms with Crippen molar-refractivity contribution in [2.75, 3.05) is 0 Å². The lowest BCUT2D eigenvalue weighted by atomic mass is 9.59. The molecule has 15 heavy (non-hydrogen) atoms. The van der Waals surface area contributed by atoms with Crippen LogP contribution in [0.2, 0.25) is 0 Å². The van der Waals surface area contributed by atoms with E-state index in [0.717, 1.165) is 35.1 Å². The molecule has 0 heterocycles. The fourth-order valence-electron chi connectivity index (χ4n) is 6.13. The Morgan fingerprint density at radius 1 is 0.800 bits per heavy atom. The Morgan fingerprint density at radius 3 is 1.67 bits per heavy atom. The first-order valence-electron chi connectivity index (χ1n) is 5.82. The lowest BCUT2D eigenvalue weighted by molar-refractivity contribution is 0.0644. The molecule has 5 rings (SSSR count). The second-order valence-electron chi connectivity index (χ2n) is 5.87. The van der Waals surface area contributed by atoms with Crippen LogP contribution in [0.3, 0.4) is 0 Å². The van der Waals surface area contributed by atoms with Crippen molar-refractivity contribution < 1.29 is 10.4 Å². The van der Waals surface area contributed by atoms with E-state index in [1.165, 1.54) is 6.42 Å². The highest BCUT2D eigenvalue weighted by molar-refractivity contribution is 6.10. The van der Waals surface area contributed by atoms with Gasteiger partial charge in [0.2, 0.25) is 0 Å². The van der Waals surface area contributed by atoms with Gasteiger partial charge in [-0.15, -0.1) is 0 Å². The summed E-state index contributed by atoms with van der Waals surface area (Å²) in [6.45, 7) is 0. The predicted molar refractivity (Wildman–Crippen MR) is 51.0 cm³/mol. The van der Waals surface area contributed by atoms with Crippen molar-refractivity contribution in [3.8, 4) is 0 Å². The molecule has 0 radical (unpaired) electrons. The van der Waals surface area contributed by atoms with E-state index in [1.807, 2.05) is 0 Å². The third-order valence-electron chi connectivity index (χ3n) is 6.10. The molecule has 2 bridgehead atoms. The van der Waals surface area contributed by atoms with E-state index in [2.05, 4.69) is 10.3 Å². The molecule has 0 aliphatic heterocycles. The molecule has 8 atom stereocenters. The van der Waals surface area contributed by atoms with Crippen molar-refractivity contribution in [1.29, 1.82) is 0 Å². The third-order valence-corrected chi connectivity index (χ3v) is 6.10. The van der Waals surface area contributed by atoms with Gasteiger partial charge in [0.25, 0.3) is 0 Å². The molecule has 5 saturated carbocycles. The van der Waals surface area contributed by atoms with E-state index in [1.54, 1.807) is 0 Å².